The number of aryl methyl sites for hydroxylation is 1. The summed E-state index contributed by atoms with van der Waals surface area (Å²) in [5, 5.41) is 14.8. The highest BCUT2D eigenvalue weighted by molar-refractivity contribution is 5.83. The van der Waals surface area contributed by atoms with Crippen LogP contribution in [0.3, 0.4) is 0 Å². The van der Waals surface area contributed by atoms with Gasteiger partial charge in [0, 0.05) is 22.3 Å². The summed E-state index contributed by atoms with van der Waals surface area (Å²) in [7, 11) is 0. The van der Waals surface area contributed by atoms with Crippen LogP contribution in [-0.4, -0.2) is 33.5 Å². The Morgan fingerprint density at radius 2 is 1.69 bits per heavy atom. The Morgan fingerprint density at radius 1 is 0.931 bits per heavy atom. The molecule has 0 amide bonds. The number of anilines is 3. The van der Waals surface area contributed by atoms with Gasteiger partial charge in [0.1, 0.15) is 17.3 Å². The molecule has 29 heavy (non-hydrogen) atoms. The van der Waals surface area contributed by atoms with E-state index < -0.39 is 6.98 Å². The second-order valence-electron chi connectivity index (χ2n) is 6.92. The number of fused-ring (bicyclic) bond motifs is 1. The number of nitrogens with zero attached hydrogens (tertiary/aromatic N) is 5. The van der Waals surface area contributed by atoms with Crippen LogP contribution in [0.1, 0.15) is 9.94 Å². The number of rotatable bonds is 3. The highest BCUT2D eigenvalue weighted by atomic mass is 16.3. The number of benzene rings is 3. The van der Waals surface area contributed by atoms with Crippen molar-refractivity contribution in [3.63, 3.8) is 0 Å². The van der Waals surface area contributed by atoms with Gasteiger partial charge in [-0.25, -0.2) is 9.67 Å². The van der Waals surface area contributed by atoms with Gasteiger partial charge in [-0.05, 0) is 43.3 Å². The van der Waals surface area contributed by atoms with E-state index in [4.69, 9.17) is 4.11 Å². The Morgan fingerprint density at radius 3 is 2.48 bits per heavy atom. The summed E-state index contributed by atoms with van der Waals surface area (Å²) < 4.78 is 25.3. The average molecular weight is 386 g/mol. The van der Waals surface area contributed by atoms with Crippen molar-refractivity contribution in [2.45, 2.75) is 6.92 Å². The Labute approximate surface area is 173 Å². The van der Waals surface area contributed by atoms with Crippen molar-refractivity contribution >= 4 is 17.1 Å². The largest absolute Gasteiger partial charge is 0.506 e. The SMILES string of the molecule is [2H]C([2H])([2H])N1CN(c2cccc(-c3nc(C)n(-c4ccccc4O)n3)c2)c2ccccc21. The number of para-hydroxylation sites is 4. The van der Waals surface area contributed by atoms with Gasteiger partial charge in [-0.15, -0.1) is 5.10 Å². The third kappa shape index (κ3) is 2.89. The first-order chi connectivity index (χ1) is 15.3. The molecule has 2 heterocycles. The third-order valence-corrected chi connectivity index (χ3v) is 5.04. The molecule has 0 unspecified atom stereocenters. The smallest absolute Gasteiger partial charge is 0.181 e. The highest BCUT2D eigenvalue weighted by Gasteiger charge is 2.24. The molecule has 5 rings (SSSR count). The zero-order valence-electron chi connectivity index (χ0n) is 18.8. The van der Waals surface area contributed by atoms with Crippen LogP contribution in [0.15, 0.2) is 72.8 Å². The van der Waals surface area contributed by atoms with Crippen LogP contribution in [0.25, 0.3) is 17.1 Å². The molecular formula is C23H21N5O. The van der Waals surface area contributed by atoms with Crippen LogP contribution in [-0.2, 0) is 0 Å². The van der Waals surface area contributed by atoms with Crippen molar-refractivity contribution in [3.8, 4) is 22.8 Å². The number of aromatic hydroxyl groups is 1. The lowest BCUT2D eigenvalue weighted by atomic mass is 10.1. The molecule has 0 saturated carbocycles. The molecule has 0 radical (unpaired) electrons. The predicted octanol–water partition coefficient (Wildman–Crippen LogP) is 4.49. The molecule has 6 heteroatoms. The molecule has 0 spiro atoms. The van der Waals surface area contributed by atoms with Crippen LogP contribution < -0.4 is 9.80 Å². The van der Waals surface area contributed by atoms with Crippen LogP contribution in [0.5, 0.6) is 5.75 Å². The fraction of sp³-hybridized carbons (Fsp3) is 0.130. The lowest BCUT2D eigenvalue weighted by Gasteiger charge is -2.20. The molecule has 3 aromatic carbocycles. The minimum absolute atomic E-state index is 0.124. The minimum Gasteiger partial charge on any atom is -0.506 e. The zero-order chi connectivity index (χ0) is 22.5. The molecule has 0 atom stereocenters. The van der Waals surface area contributed by atoms with Crippen molar-refractivity contribution in [2.75, 3.05) is 23.4 Å². The standard InChI is InChI=1S/C23H21N5O/c1-16-24-23(25-28(16)21-12-5-6-13-22(21)29)17-8-7-9-18(14-17)27-15-26(2)19-10-3-4-11-20(19)27/h3-14,29H,15H2,1-2H3/i2D3. The fourth-order valence-electron chi connectivity index (χ4n) is 3.63. The second-order valence-corrected chi connectivity index (χ2v) is 6.92. The molecule has 1 aromatic heterocycles. The topological polar surface area (TPSA) is 57.4 Å². The van der Waals surface area contributed by atoms with Gasteiger partial charge < -0.3 is 14.9 Å². The number of hydrogen-bond acceptors (Lipinski definition) is 5. The van der Waals surface area contributed by atoms with Crippen LogP contribution in [0, 0.1) is 6.92 Å². The number of phenolic OH excluding ortho intramolecular Hbond substituents is 1. The summed E-state index contributed by atoms with van der Waals surface area (Å²) in [6, 6.07) is 22.2. The molecule has 1 aliphatic heterocycles. The van der Waals surface area contributed by atoms with Gasteiger partial charge in [0.25, 0.3) is 0 Å². The average Bonchev–Trinajstić information content (AvgIpc) is 3.35. The van der Waals surface area contributed by atoms with E-state index in [1.807, 2.05) is 66.4 Å². The molecule has 4 aromatic rings. The maximum absolute atomic E-state index is 10.2. The van der Waals surface area contributed by atoms with Crippen molar-refractivity contribution < 1.29 is 9.22 Å². The Balaban J connectivity index is 1.53. The van der Waals surface area contributed by atoms with Gasteiger partial charge in [0.2, 0.25) is 0 Å². The zero-order valence-corrected chi connectivity index (χ0v) is 15.8. The molecule has 0 bridgehead atoms. The van der Waals surface area contributed by atoms with Crippen molar-refractivity contribution in [1.29, 1.82) is 0 Å². The van der Waals surface area contributed by atoms with Gasteiger partial charge in [-0.2, -0.15) is 0 Å². The number of phenols is 1. The van der Waals surface area contributed by atoms with E-state index >= 15 is 0 Å². The minimum atomic E-state index is -2.24. The van der Waals surface area contributed by atoms with E-state index in [-0.39, 0.29) is 12.4 Å². The summed E-state index contributed by atoms with van der Waals surface area (Å²) in [6.45, 7) is -0.187. The van der Waals surface area contributed by atoms with Crippen LogP contribution >= 0.6 is 0 Å². The first-order valence-corrected chi connectivity index (χ1v) is 9.29. The molecule has 1 aliphatic rings. The Bertz CT molecular complexity index is 1300. The first kappa shape index (κ1) is 14.2. The Kier molecular flexibility index (Phi) is 3.27. The van der Waals surface area contributed by atoms with E-state index in [0.29, 0.717) is 23.0 Å². The molecular weight excluding hydrogens is 362 g/mol. The van der Waals surface area contributed by atoms with Crippen LogP contribution in [0.4, 0.5) is 17.1 Å². The van der Waals surface area contributed by atoms with Gasteiger partial charge in [0.05, 0.1) is 18.0 Å². The van der Waals surface area contributed by atoms with Gasteiger partial charge in [-0.3, -0.25) is 0 Å². The molecule has 0 fully saturated rings. The fourth-order valence-corrected chi connectivity index (χ4v) is 3.63. The maximum atomic E-state index is 10.2. The molecule has 6 nitrogen and oxygen atoms in total. The van der Waals surface area contributed by atoms with Crippen LogP contribution in [0.2, 0.25) is 0 Å². The van der Waals surface area contributed by atoms with Crippen molar-refractivity contribution in [3.05, 3.63) is 78.6 Å². The summed E-state index contributed by atoms with van der Waals surface area (Å²) in [6.07, 6.45) is 0. The van der Waals surface area contributed by atoms with Crippen molar-refractivity contribution in [2.24, 2.45) is 0 Å². The first-order valence-electron chi connectivity index (χ1n) is 10.8. The van der Waals surface area contributed by atoms with E-state index in [0.717, 1.165) is 16.9 Å². The lowest BCUT2D eigenvalue weighted by Crippen LogP contribution is -2.23. The maximum Gasteiger partial charge on any atom is 0.181 e. The van der Waals surface area contributed by atoms with Gasteiger partial charge >= 0.3 is 0 Å². The summed E-state index contributed by atoms with van der Waals surface area (Å²) >= 11 is 0. The van der Waals surface area contributed by atoms with Crippen molar-refractivity contribution in [1.82, 2.24) is 14.8 Å². The summed E-state index contributed by atoms with van der Waals surface area (Å²) in [5.74, 6) is 1.29. The van der Waals surface area contributed by atoms with E-state index in [1.54, 1.807) is 22.9 Å². The van der Waals surface area contributed by atoms with E-state index in [1.165, 1.54) is 4.90 Å². The predicted molar refractivity (Wildman–Crippen MR) is 115 cm³/mol. The molecule has 144 valence electrons. The molecule has 0 saturated heterocycles. The summed E-state index contributed by atoms with van der Waals surface area (Å²) in [4.78, 5) is 7.98. The number of aromatic nitrogens is 3. The van der Waals surface area contributed by atoms with E-state index in [9.17, 15) is 5.11 Å². The molecule has 1 N–H and O–H groups in total. The summed E-state index contributed by atoms with van der Waals surface area (Å²) in [5.41, 5.74) is 3.71. The third-order valence-electron chi connectivity index (χ3n) is 5.04. The van der Waals surface area contributed by atoms with Gasteiger partial charge in [-0.1, -0.05) is 36.4 Å². The quantitative estimate of drug-likeness (QED) is 0.562. The second kappa shape index (κ2) is 6.67. The van der Waals surface area contributed by atoms with Gasteiger partial charge in [0.15, 0.2) is 5.82 Å². The normalized spacial score (nSPS) is 15.0. The number of hydrogen-bond donors (Lipinski definition) is 1. The lowest BCUT2D eigenvalue weighted by molar-refractivity contribution is 0.470. The Hall–Kier alpha value is -3.80. The highest BCUT2D eigenvalue weighted by Crippen LogP contribution is 2.40. The monoisotopic (exact) mass is 386 g/mol. The van der Waals surface area contributed by atoms with E-state index in [2.05, 4.69) is 10.1 Å². The molecule has 0 aliphatic carbocycles.